The monoisotopic (exact) mass is 442 g/mol. The topological polar surface area (TPSA) is 62.1 Å². The Morgan fingerprint density at radius 2 is 1.97 bits per heavy atom. The Kier molecular flexibility index (Phi) is 7.79. The molecule has 0 unspecified atom stereocenters. The number of rotatable bonds is 6. The molecule has 1 aliphatic carbocycles. The number of carbonyl (C=O) groups is 1. The lowest BCUT2D eigenvalue weighted by Gasteiger charge is -2.29. The number of hydrogen-bond acceptors (Lipinski definition) is 3. The first-order valence-electron chi connectivity index (χ1n) is 10.1. The number of amides is 1. The van der Waals surface area contributed by atoms with Crippen LogP contribution in [-0.2, 0) is 11.4 Å². The van der Waals surface area contributed by atoms with Crippen LogP contribution < -0.4 is 10.1 Å². The molecule has 0 aliphatic heterocycles. The van der Waals surface area contributed by atoms with E-state index in [1.54, 1.807) is 24.3 Å². The Bertz CT molecular complexity index is 981. The molecular formula is C24H24Cl2N2O2. The Hall–Kier alpha value is -2.48. The van der Waals surface area contributed by atoms with E-state index in [1.165, 1.54) is 12.5 Å². The van der Waals surface area contributed by atoms with Gasteiger partial charge in [0.25, 0.3) is 5.91 Å². The highest BCUT2D eigenvalue weighted by Gasteiger charge is 2.24. The minimum Gasteiger partial charge on any atom is -0.488 e. The number of nitriles is 1. The molecule has 1 amide bonds. The fraction of sp³-hybridized carbons (Fsp3) is 0.333. The third-order valence-corrected chi connectivity index (χ3v) is 5.82. The van der Waals surface area contributed by atoms with E-state index in [0.29, 0.717) is 33.9 Å². The van der Waals surface area contributed by atoms with Gasteiger partial charge in [0.15, 0.2) is 0 Å². The van der Waals surface area contributed by atoms with Gasteiger partial charge in [0.05, 0.1) is 0 Å². The van der Waals surface area contributed by atoms with Gasteiger partial charge in [0, 0.05) is 21.7 Å². The van der Waals surface area contributed by atoms with Gasteiger partial charge in [-0.2, -0.15) is 5.26 Å². The van der Waals surface area contributed by atoms with Crippen LogP contribution in [-0.4, -0.2) is 11.9 Å². The molecule has 1 fully saturated rings. The Morgan fingerprint density at radius 1 is 1.20 bits per heavy atom. The standard InChI is InChI=1S/C24H24Cl2N2O2/c1-16-5-2-3-8-22(16)28-24(29)19(14-27)12-18-13-21(26)9-10-23(18)30-15-17-6-4-7-20(25)11-17/h4,6-7,9-13,16,22H,2-3,5,8,15H2,1H3,(H,28,29)/b19-12+/t16-,22-/m1/s1. The highest BCUT2D eigenvalue weighted by molar-refractivity contribution is 6.31. The van der Waals surface area contributed by atoms with Crippen LogP contribution in [0.15, 0.2) is 48.0 Å². The van der Waals surface area contributed by atoms with Crippen LogP contribution in [0, 0.1) is 17.2 Å². The first kappa shape index (κ1) is 22.2. The number of carbonyl (C=O) groups excluding carboxylic acids is 1. The van der Waals surface area contributed by atoms with Gasteiger partial charge >= 0.3 is 0 Å². The molecule has 3 rings (SSSR count). The van der Waals surface area contributed by atoms with Crippen molar-refractivity contribution in [1.29, 1.82) is 5.26 Å². The lowest BCUT2D eigenvalue weighted by molar-refractivity contribution is -0.118. The van der Waals surface area contributed by atoms with Crippen molar-refractivity contribution in [2.45, 2.75) is 45.3 Å². The Balaban J connectivity index is 1.78. The number of nitrogens with zero attached hydrogens (tertiary/aromatic N) is 1. The van der Waals surface area contributed by atoms with E-state index < -0.39 is 0 Å². The van der Waals surface area contributed by atoms with Crippen LogP contribution in [0.4, 0.5) is 0 Å². The van der Waals surface area contributed by atoms with Crippen LogP contribution in [0.3, 0.4) is 0 Å². The molecule has 4 nitrogen and oxygen atoms in total. The molecule has 156 valence electrons. The van der Waals surface area contributed by atoms with Crippen molar-refractivity contribution < 1.29 is 9.53 Å². The molecule has 0 saturated heterocycles. The number of benzene rings is 2. The van der Waals surface area contributed by atoms with Crippen LogP contribution in [0.5, 0.6) is 5.75 Å². The summed E-state index contributed by atoms with van der Waals surface area (Å²) in [6, 6.07) is 14.6. The summed E-state index contributed by atoms with van der Waals surface area (Å²) in [5.41, 5.74) is 1.52. The van der Waals surface area contributed by atoms with Gasteiger partial charge in [0.1, 0.15) is 24.0 Å². The van der Waals surface area contributed by atoms with Gasteiger partial charge in [-0.1, -0.05) is 55.1 Å². The fourth-order valence-electron chi connectivity index (χ4n) is 3.63. The molecule has 2 aromatic carbocycles. The molecule has 0 heterocycles. The maximum Gasteiger partial charge on any atom is 0.262 e. The summed E-state index contributed by atoms with van der Waals surface area (Å²) in [4.78, 5) is 12.7. The van der Waals surface area contributed by atoms with Gasteiger partial charge < -0.3 is 10.1 Å². The van der Waals surface area contributed by atoms with Crippen molar-refractivity contribution in [3.63, 3.8) is 0 Å². The predicted octanol–water partition coefficient (Wildman–Crippen LogP) is 6.17. The summed E-state index contributed by atoms with van der Waals surface area (Å²) in [7, 11) is 0. The van der Waals surface area contributed by atoms with E-state index in [2.05, 4.69) is 12.2 Å². The molecule has 0 bridgehead atoms. The molecule has 0 spiro atoms. The highest BCUT2D eigenvalue weighted by Crippen LogP contribution is 2.27. The van der Waals surface area contributed by atoms with Crippen molar-refractivity contribution in [3.8, 4) is 11.8 Å². The maximum absolute atomic E-state index is 12.7. The van der Waals surface area contributed by atoms with Crippen molar-refractivity contribution in [2.24, 2.45) is 5.92 Å². The van der Waals surface area contributed by atoms with Crippen LogP contribution in [0.2, 0.25) is 10.0 Å². The molecule has 2 aromatic rings. The highest BCUT2D eigenvalue weighted by atomic mass is 35.5. The summed E-state index contributed by atoms with van der Waals surface area (Å²) in [5, 5.41) is 13.7. The minimum absolute atomic E-state index is 0.0302. The van der Waals surface area contributed by atoms with Crippen LogP contribution in [0.1, 0.15) is 43.7 Å². The first-order chi connectivity index (χ1) is 14.5. The predicted molar refractivity (Wildman–Crippen MR) is 120 cm³/mol. The summed E-state index contributed by atoms with van der Waals surface area (Å²) in [6.07, 6.45) is 5.84. The lowest BCUT2D eigenvalue weighted by Crippen LogP contribution is -2.41. The maximum atomic E-state index is 12.7. The second-order valence-corrected chi connectivity index (χ2v) is 8.49. The molecule has 1 aliphatic rings. The molecule has 30 heavy (non-hydrogen) atoms. The molecule has 1 saturated carbocycles. The average molecular weight is 443 g/mol. The zero-order valence-corrected chi connectivity index (χ0v) is 18.3. The summed E-state index contributed by atoms with van der Waals surface area (Å²) in [5.74, 6) is 0.577. The number of hydrogen-bond donors (Lipinski definition) is 1. The van der Waals surface area contributed by atoms with E-state index in [-0.39, 0.29) is 17.5 Å². The van der Waals surface area contributed by atoms with Crippen LogP contribution in [0.25, 0.3) is 6.08 Å². The van der Waals surface area contributed by atoms with Crippen molar-refractivity contribution in [1.82, 2.24) is 5.32 Å². The van der Waals surface area contributed by atoms with E-state index in [9.17, 15) is 10.1 Å². The zero-order chi connectivity index (χ0) is 21.5. The van der Waals surface area contributed by atoms with Gasteiger partial charge in [-0.15, -0.1) is 0 Å². The molecule has 1 N–H and O–H groups in total. The number of ether oxygens (including phenoxy) is 1. The Morgan fingerprint density at radius 3 is 2.70 bits per heavy atom. The zero-order valence-electron chi connectivity index (χ0n) is 16.8. The number of nitrogens with one attached hydrogen (secondary N) is 1. The lowest BCUT2D eigenvalue weighted by atomic mass is 9.86. The van der Waals surface area contributed by atoms with E-state index >= 15 is 0 Å². The third-order valence-electron chi connectivity index (χ3n) is 5.35. The SMILES string of the molecule is C[C@@H]1CCCC[C@H]1NC(=O)/C(C#N)=C/c1cc(Cl)ccc1OCc1cccc(Cl)c1. The number of halogens is 2. The second kappa shape index (κ2) is 10.5. The molecule has 6 heteroatoms. The molecule has 0 radical (unpaired) electrons. The average Bonchev–Trinajstić information content (AvgIpc) is 2.73. The second-order valence-electron chi connectivity index (χ2n) is 7.61. The van der Waals surface area contributed by atoms with E-state index in [4.69, 9.17) is 27.9 Å². The summed E-state index contributed by atoms with van der Waals surface area (Å²) >= 11 is 12.2. The van der Waals surface area contributed by atoms with Gasteiger partial charge in [0.2, 0.25) is 0 Å². The largest absolute Gasteiger partial charge is 0.488 e. The van der Waals surface area contributed by atoms with Crippen molar-refractivity contribution in [2.75, 3.05) is 0 Å². The van der Waals surface area contributed by atoms with Gasteiger partial charge in [-0.25, -0.2) is 0 Å². The molecular weight excluding hydrogens is 419 g/mol. The van der Waals surface area contributed by atoms with Crippen LogP contribution >= 0.6 is 23.2 Å². The van der Waals surface area contributed by atoms with Crippen molar-refractivity contribution >= 4 is 35.2 Å². The smallest absolute Gasteiger partial charge is 0.262 e. The van der Waals surface area contributed by atoms with Crippen molar-refractivity contribution in [3.05, 3.63) is 69.2 Å². The van der Waals surface area contributed by atoms with E-state index in [0.717, 1.165) is 24.8 Å². The quantitative estimate of drug-likeness (QED) is 0.429. The van der Waals surface area contributed by atoms with Gasteiger partial charge in [-0.05, 0) is 60.7 Å². The molecule has 2 atom stereocenters. The Labute approximate surface area is 187 Å². The van der Waals surface area contributed by atoms with E-state index in [1.807, 2.05) is 24.3 Å². The third kappa shape index (κ3) is 6.01. The summed E-state index contributed by atoms with van der Waals surface area (Å²) in [6.45, 7) is 2.44. The normalized spacial score (nSPS) is 19.1. The van der Waals surface area contributed by atoms with Gasteiger partial charge in [-0.3, -0.25) is 4.79 Å². The first-order valence-corrected chi connectivity index (χ1v) is 10.8. The minimum atomic E-state index is -0.364. The summed E-state index contributed by atoms with van der Waals surface area (Å²) < 4.78 is 5.92. The fourth-order valence-corrected chi connectivity index (χ4v) is 4.03. The molecule has 0 aromatic heterocycles.